The average Bonchev–Trinajstić information content (AvgIpc) is 2.38. The molecule has 2 atom stereocenters. The molecule has 0 bridgehead atoms. The largest absolute Gasteiger partial charge is 0.370 e. The second-order valence-corrected chi connectivity index (χ2v) is 6.03. The number of halogens is 2. The van der Waals surface area contributed by atoms with Gasteiger partial charge >= 0.3 is 0 Å². The average molecular weight is 286 g/mol. The van der Waals surface area contributed by atoms with E-state index >= 15 is 0 Å². The van der Waals surface area contributed by atoms with Crippen LogP contribution in [0.3, 0.4) is 0 Å². The molecule has 1 nitrogen and oxygen atoms in total. The lowest BCUT2D eigenvalue weighted by atomic mass is 9.85. The van der Waals surface area contributed by atoms with Crippen LogP contribution in [0.5, 0.6) is 0 Å². The molecule has 1 saturated carbocycles. The van der Waals surface area contributed by atoms with Crippen molar-refractivity contribution in [2.75, 3.05) is 11.9 Å². The molecular weight excluding hydrogens is 265 g/mol. The minimum atomic E-state index is 0.517. The Kier molecular flexibility index (Phi) is 4.80. The van der Waals surface area contributed by atoms with Crippen molar-refractivity contribution < 1.29 is 0 Å². The van der Waals surface area contributed by atoms with Crippen LogP contribution in [0.4, 0.5) is 5.69 Å². The van der Waals surface area contributed by atoms with Gasteiger partial charge < -0.3 is 4.90 Å². The van der Waals surface area contributed by atoms with Gasteiger partial charge in [-0.3, -0.25) is 0 Å². The van der Waals surface area contributed by atoms with E-state index in [2.05, 4.69) is 31.0 Å². The smallest absolute Gasteiger partial charge is 0.0642 e. The highest BCUT2D eigenvalue weighted by Gasteiger charge is 2.26. The Labute approximate surface area is 120 Å². The number of alkyl halides is 1. The third-order valence-corrected chi connectivity index (χ3v) is 4.72. The van der Waals surface area contributed by atoms with Gasteiger partial charge in [-0.2, -0.15) is 0 Å². The van der Waals surface area contributed by atoms with Crippen molar-refractivity contribution in [3.05, 3.63) is 28.8 Å². The zero-order valence-electron chi connectivity index (χ0n) is 11.1. The van der Waals surface area contributed by atoms with E-state index in [4.69, 9.17) is 23.2 Å². The predicted molar refractivity (Wildman–Crippen MR) is 80.8 cm³/mol. The molecule has 0 aliphatic heterocycles. The first-order valence-electron chi connectivity index (χ1n) is 6.70. The summed E-state index contributed by atoms with van der Waals surface area (Å²) in [6.45, 7) is 2.35. The van der Waals surface area contributed by atoms with Crippen molar-refractivity contribution in [3.63, 3.8) is 0 Å². The molecule has 0 amide bonds. The van der Waals surface area contributed by atoms with E-state index in [0.717, 1.165) is 22.2 Å². The van der Waals surface area contributed by atoms with E-state index in [1.165, 1.54) is 25.7 Å². The maximum atomic E-state index is 6.37. The molecule has 1 aromatic rings. The molecule has 0 saturated heterocycles. The molecule has 0 spiro atoms. The molecule has 2 rings (SSSR count). The maximum Gasteiger partial charge on any atom is 0.0642 e. The van der Waals surface area contributed by atoms with E-state index in [1.807, 2.05) is 6.07 Å². The minimum Gasteiger partial charge on any atom is -0.370 e. The van der Waals surface area contributed by atoms with Crippen LogP contribution in [0, 0.1) is 5.92 Å². The van der Waals surface area contributed by atoms with E-state index in [-0.39, 0.29) is 0 Å². The van der Waals surface area contributed by atoms with Crippen molar-refractivity contribution in [1.29, 1.82) is 0 Å². The van der Waals surface area contributed by atoms with Gasteiger partial charge in [-0.15, -0.1) is 11.6 Å². The summed E-state index contributed by atoms with van der Waals surface area (Å²) >= 11 is 12.2. The number of benzene rings is 1. The molecule has 1 aromatic carbocycles. The zero-order chi connectivity index (χ0) is 13.1. The Balaban J connectivity index is 2.19. The van der Waals surface area contributed by atoms with Crippen LogP contribution in [0.25, 0.3) is 0 Å². The summed E-state index contributed by atoms with van der Waals surface area (Å²) in [7, 11) is 2.16. The van der Waals surface area contributed by atoms with E-state index in [9.17, 15) is 0 Å². The van der Waals surface area contributed by atoms with Gasteiger partial charge in [-0.1, -0.05) is 37.4 Å². The first-order chi connectivity index (χ1) is 8.63. The topological polar surface area (TPSA) is 3.24 Å². The van der Waals surface area contributed by atoms with Crippen LogP contribution < -0.4 is 4.90 Å². The highest BCUT2D eigenvalue weighted by molar-refractivity contribution is 6.33. The number of anilines is 1. The van der Waals surface area contributed by atoms with Gasteiger partial charge in [-0.05, 0) is 36.5 Å². The summed E-state index contributed by atoms with van der Waals surface area (Å²) in [5.41, 5.74) is 2.21. The van der Waals surface area contributed by atoms with Gasteiger partial charge in [-0.25, -0.2) is 0 Å². The number of hydrogen-bond acceptors (Lipinski definition) is 1. The van der Waals surface area contributed by atoms with Crippen molar-refractivity contribution in [2.24, 2.45) is 5.92 Å². The first-order valence-corrected chi connectivity index (χ1v) is 7.62. The molecule has 1 fully saturated rings. The molecule has 0 aromatic heterocycles. The zero-order valence-corrected chi connectivity index (χ0v) is 12.6. The molecule has 0 N–H and O–H groups in total. The predicted octanol–water partition coefficient (Wildman–Crippen LogP) is 5.09. The van der Waals surface area contributed by atoms with Gasteiger partial charge in [0.25, 0.3) is 0 Å². The highest BCUT2D eigenvalue weighted by Crippen LogP contribution is 2.34. The van der Waals surface area contributed by atoms with Crippen LogP contribution in [0.15, 0.2) is 18.2 Å². The molecule has 1 aliphatic carbocycles. The molecule has 0 radical (unpaired) electrons. The fourth-order valence-corrected chi connectivity index (χ4v) is 3.47. The van der Waals surface area contributed by atoms with Gasteiger partial charge in [0.15, 0.2) is 0 Å². The van der Waals surface area contributed by atoms with Crippen LogP contribution in [0.2, 0.25) is 5.02 Å². The maximum absolute atomic E-state index is 6.37. The summed E-state index contributed by atoms with van der Waals surface area (Å²) in [6, 6.07) is 6.76. The molecular formula is C15H21Cl2N. The fourth-order valence-electron chi connectivity index (χ4n) is 2.97. The van der Waals surface area contributed by atoms with Crippen LogP contribution in [-0.4, -0.2) is 13.1 Å². The Morgan fingerprint density at radius 2 is 2.00 bits per heavy atom. The highest BCUT2D eigenvalue weighted by atomic mass is 35.5. The van der Waals surface area contributed by atoms with E-state index in [0.29, 0.717) is 11.9 Å². The Morgan fingerprint density at radius 1 is 1.28 bits per heavy atom. The summed E-state index contributed by atoms with van der Waals surface area (Å²) in [5.74, 6) is 1.26. The van der Waals surface area contributed by atoms with Gasteiger partial charge in [0.1, 0.15) is 0 Å². The molecule has 0 heterocycles. The second-order valence-electron chi connectivity index (χ2n) is 5.36. The summed E-state index contributed by atoms with van der Waals surface area (Å²) in [5, 5.41) is 0.813. The van der Waals surface area contributed by atoms with E-state index < -0.39 is 0 Å². The summed E-state index contributed by atoms with van der Waals surface area (Å²) < 4.78 is 0. The Bertz CT molecular complexity index is 405. The van der Waals surface area contributed by atoms with Crippen LogP contribution in [-0.2, 0) is 5.88 Å². The van der Waals surface area contributed by atoms with Gasteiger partial charge in [0, 0.05) is 19.0 Å². The molecule has 2 unspecified atom stereocenters. The summed E-state index contributed by atoms with van der Waals surface area (Å²) in [4.78, 5) is 2.35. The molecule has 3 heteroatoms. The van der Waals surface area contributed by atoms with Crippen LogP contribution >= 0.6 is 23.2 Å². The second kappa shape index (κ2) is 6.16. The number of nitrogens with zero attached hydrogens (tertiary/aromatic N) is 1. The summed E-state index contributed by atoms with van der Waals surface area (Å²) in [6.07, 6.45) is 5.29. The van der Waals surface area contributed by atoms with Crippen molar-refractivity contribution in [3.8, 4) is 0 Å². The lowest BCUT2D eigenvalue weighted by molar-refractivity contribution is 0.321. The van der Waals surface area contributed by atoms with Crippen molar-refractivity contribution in [1.82, 2.24) is 0 Å². The van der Waals surface area contributed by atoms with E-state index in [1.54, 1.807) is 0 Å². The van der Waals surface area contributed by atoms with Gasteiger partial charge in [0.2, 0.25) is 0 Å². The lowest BCUT2D eigenvalue weighted by Gasteiger charge is -2.38. The number of hydrogen-bond donors (Lipinski definition) is 0. The number of rotatable bonds is 3. The monoisotopic (exact) mass is 285 g/mol. The van der Waals surface area contributed by atoms with Crippen molar-refractivity contribution in [2.45, 2.75) is 44.5 Å². The first kappa shape index (κ1) is 14.0. The molecule has 1 aliphatic rings. The normalized spacial score (nSPS) is 24.0. The fraction of sp³-hybridized carbons (Fsp3) is 0.600. The van der Waals surface area contributed by atoms with Crippen LogP contribution in [0.1, 0.15) is 38.2 Å². The lowest BCUT2D eigenvalue weighted by Crippen LogP contribution is -2.39. The quantitative estimate of drug-likeness (QED) is 0.699. The third kappa shape index (κ3) is 2.95. The standard InChI is InChI=1S/C15H21Cl2N/c1-11-5-3-4-6-14(11)18(2)15-8-7-12(10-16)9-13(15)17/h7-9,11,14H,3-6,10H2,1-2H3. The van der Waals surface area contributed by atoms with Gasteiger partial charge in [0.05, 0.1) is 10.7 Å². The van der Waals surface area contributed by atoms with Crippen molar-refractivity contribution >= 4 is 28.9 Å². The minimum absolute atomic E-state index is 0.517. The third-order valence-electron chi connectivity index (χ3n) is 4.11. The molecule has 100 valence electrons. The molecule has 18 heavy (non-hydrogen) atoms. The Morgan fingerprint density at radius 3 is 2.61 bits per heavy atom. The Hall–Kier alpha value is -0.400. The SMILES string of the molecule is CC1CCCCC1N(C)c1ccc(CCl)cc1Cl.